The third-order valence-electron chi connectivity index (χ3n) is 7.31. The number of amides is 4. The molecule has 0 fully saturated rings. The van der Waals surface area contributed by atoms with Gasteiger partial charge in [-0.15, -0.1) is 20.5 Å². The molecule has 0 radical (unpaired) electrons. The molecule has 19 heteroatoms. The number of anilines is 2. The van der Waals surface area contributed by atoms with E-state index in [1.165, 1.54) is 0 Å². The number of aromatic nitrogens is 4. The smallest absolute Gasteiger partial charge is 0.348 e. The average molecular weight is 711 g/mol. The standard InChI is InChI=1S/C31H20Cl2N12O5/c1-14-2-4-15(5-3-14)22(46)20(21-26(48)45-27(36-21)42-43-29(45)39-31(50)35-19-12-8-17(33)9-13-19)23-37-25(47)24-40-41-28(44(23)24)38-30(49)34-18-10-6-16(32)7-11-18/h2-13,20,47-48H,1H3,(H,34,49)(H,35,50)/t20-/m1/s1. The van der Waals surface area contributed by atoms with E-state index in [0.717, 1.165) is 14.7 Å². The Balaban J connectivity index is 1.29. The van der Waals surface area contributed by atoms with Gasteiger partial charge in [-0.2, -0.15) is 15.0 Å². The van der Waals surface area contributed by atoms with Crippen molar-refractivity contribution in [3.8, 4) is 11.8 Å². The summed E-state index contributed by atoms with van der Waals surface area (Å²) in [4.78, 5) is 56.3. The van der Waals surface area contributed by atoms with Crippen LogP contribution in [-0.4, -0.2) is 59.1 Å². The van der Waals surface area contributed by atoms with Crippen LogP contribution < -0.4 is 10.6 Å². The van der Waals surface area contributed by atoms with E-state index in [-0.39, 0.29) is 40.8 Å². The summed E-state index contributed by atoms with van der Waals surface area (Å²) >= 11 is 11.8. The van der Waals surface area contributed by atoms with Gasteiger partial charge in [0.1, 0.15) is 17.4 Å². The molecule has 248 valence electrons. The second-order valence-corrected chi connectivity index (χ2v) is 11.5. The first-order chi connectivity index (χ1) is 24.0. The van der Waals surface area contributed by atoms with Crippen LogP contribution in [0.4, 0.5) is 32.7 Å². The van der Waals surface area contributed by atoms with E-state index in [4.69, 9.17) is 23.2 Å². The Morgan fingerprint density at radius 2 is 1.26 bits per heavy atom. The number of Topliss-reactive ketones (excluding diaryl/α,β-unsaturated/α-hetero) is 1. The van der Waals surface area contributed by atoms with E-state index in [0.29, 0.717) is 21.4 Å². The van der Waals surface area contributed by atoms with E-state index in [1.54, 1.807) is 72.8 Å². The maximum absolute atomic E-state index is 14.3. The molecular formula is C31H20Cl2N12O5. The number of aromatic hydroxyl groups is 2. The number of urea groups is 2. The van der Waals surface area contributed by atoms with Gasteiger partial charge in [0, 0.05) is 27.0 Å². The van der Waals surface area contributed by atoms with Crippen LogP contribution in [0.25, 0.3) is 0 Å². The van der Waals surface area contributed by atoms with Crippen molar-refractivity contribution in [1.29, 1.82) is 0 Å². The Labute approximate surface area is 290 Å². The van der Waals surface area contributed by atoms with Crippen molar-refractivity contribution in [1.82, 2.24) is 19.1 Å². The molecule has 2 aliphatic heterocycles. The van der Waals surface area contributed by atoms with Crippen molar-refractivity contribution in [3.63, 3.8) is 0 Å². The highest BCUT2D eigenvalue weighted by Gasteiger charge is 2.40. The highest BCUT2D eigenvalue weighted by molar-refractivity contribution is 6.31. The van der Waals surface area contributed by atoms with Gasteiger partial charge in [-0.05, 0) is 55.5 Å². The second-order valence-electron chi connectivity index (χ2n) is 10.7. The number of halogens is 2. The lowest BCUT2D eigenvalue weighted by Crippen LogP contribution is -2.23. The number of rotatable bonds is 6. The zero-order valence-electron chi connectivity index (χ0n) is 25.4. The van der Waals surface area contributed by atoms with Crippen molar-refractivity contribution >= 4 is 76.1 Å². The number of fused-ring (bicyclic) bond motifs is 2. The minimum atomic E-state index is -1.57. The lowest BCUT2D eigenvalue weighted by Gasteiger charge is -2.15. The molecule has 1 atom stereocenters. The fourth-order valence-electron chi connectivity index (χ4n) is 4.97. The molecule has 0 bridgehead atoms. The van der Waals surface area contributed by atoms with Crippen molar-refractivity contribution < 1.29 is 24.6 Å². The molecule has 5 aromatic rings. The largest absolute Gasteiger partial charge is 0.493 e. The fraction of sp³-hybridized carbons (Fsp3) is 0.0645. The Morgan fingerprint density at radius 1 is 0.720 bits per heavy atom. The number of carbonyl (C=O) groups is 3. The molecule has 4 N–H and O–H groups in total. The van der Waals surface area contributed by atoms with Crippen LogP contribution in [-0.2, 0) is 0 Å². The number of benzene rings is 3. The Morgan fingerprint density at radius 3 is 1.84 bits per heavy atom. The van der Waals surface area contributed by atoms with E-state index in [9.17, 15) is 24.6 Å². The lowest BCUT2D eigenvalue weighted by atomic mass is 9.93. The highest BCUT2D eigenvalue weighted by atomic mass is 35.5. The number of ketones is 1. The van der Waals surface area contributed by atoms with Crippen molar-refractivity contribution in [2.45, 2.75) is 12.8 Å². The fourth-order valence-corrected chi connectivity index (χ4v) is 5.23. The molecule has 0 saturated heterocycles. The van der Waals surface area contributed by atoms with Crippen molar-refractivity contribution in [3.05, 3.63) is 105 Å². The maximum atomic E-state index is 14.3. The van der Waals surface area contributed by atoms with Crippen LogP contribution in [0.3, 0.4) is 0 Å². The summed E-state index contributed by atoms with van der Waals surface area (Å²) in [6.07, 6.45) is 0. The van der Waals surface area contributed by atoms with Crippen LogP contribution in [0.15, 0.2) is 103 Å². The molecule has 50 heavy (non-hydrogen) atoms. The predicted molar refractivity (Wildman–Crippen MR) is 181 cm³/mol. The number of nitrogens with one attached hydrogen (secondary N) is 2. The number of nitrogens with zero attached hydrogens (tertiary/aromatic N) is 10. The lowest BCUT2D eigenvalue weighted by molar-refractivity contribution is 0.0968. The predicted octanol–water partition coefficient (Wildman–Crippen LogP) is 7.19. The van der Waals surface area contributed by atoms with Crippen LogP contribution in [0.1, 0.15) is 33.4 Å². The Bertz CT molecular complexity index is 2330. The van der Waals surface area contributed by atoms with Crippen LogP contribution in [0.5, 0.6) is 11.8 Å². The van der Waals surface area contributed by atoms with E-state index in [1.807, 2.05) is 6.92 Å². The van der Waals surface area contributed by atoms with Crippen LogP contribution in [0.2, 0.25) is 10.0 Å². The minimum absolute atomic E-state index is 0.189. The molecule has 0 saturated carbocycles. The highest BCUT2D eigenvalue weighted by Crippen LogP contribution is 2.42. The van der Waals surface area contributed by atoms with E-state index < -0.39 is 35.5 Å². The first kappa shape index (κ1) is 32.0. The zero-order chi connectivity index (χ0) is 35.1. The molecular weight excluding hydrogens is 691 g/mol. The molecule has 0 aliphatic carbocycles. The average Bonchev–Trinajstić information content (AvgIpc) is 3.84. The Hall–Kier alpha value is -6.59. The molecule has 4 heterocycles. The normalized spacial score (nSPS) is 14.9. The number of hydrogen-bond donors (Lipinski definition) is 4. The third kappa shape index (κ3) is 6.09. The topological polar surface area (TPSA) is 226 Å². The second kappa shape index (κ2) is 12.8. The first-order valence-corrected chi connectivity index (χ1v) is 15.2. The third-order valence-corrected chi connectivity index (χ3v) is 7.81. The van der Waals surface area contributed by atoms with Crippen molar-refractivity contribution in [2.24, 2.45) is 30.4 Å². The molecule has 2 aliphatic rings. The number of azo groups is 2. The quantitative estimate of drug-likeness (QED) is 0.132. The van der Waals surface area contributed by atoms with Crippen LogP contribution >= 0.6 is 23.2 Å². The summed E-state index contributed by atoms with van der Waals surface area (Å²) in [5.41, 5.74) is 1.54. The van der Waals surface area contributed by atoms with Gasteiger partial charge in [-0.3, -0.25) is 4.79 Å². The number of hydrogen-bond acceptors (Lipinski definition) is 9. The summed E-state index contributed by atoms with van der Waals surface area (Å²) < 4.78 is 2.05. The van der Waals surface area contributed by atoms with Gasteiger partial charge in [0.05, 0.1) is 0 Å². The molecule has 7 rings (SSSR count). The number of carbonyl (C=O) groups excluding carboxylic acids is 3. The monoisotopic (exact) mass is 710 g/mol. The molecule has 0 unspecified atom stereocenters. The van der Waals surface area contributed by atoms with Gasteiger partial charge < -0.3 is 20.8 Å². The van der Waals surface area contributed by atoms with Crippen LogP contribution in [0, 0.1) is 6.92 Å². The van der Waals surface area contributed by atoms with Gasteiger partial charge in [0.15, 0.2) is 5.78 Å². The summed E-state index contributed by atoms with van der Waals surface area (Å²) in [5, 5.41) is 43.9. The zero-order valence-corrected chi connectivity index (χ0v) is 26.9. The first-order valence-electron chi connectivity index (χ1n) is 14.4. The summed E-state index contributed by atoms with van der Waals surface area (Å²) in [6.45, 7) is 1.84. The van der Waals surface area contributed by atoms with Gasteiger partial charge >= 0.3 is 12.1 Å². The van der Waals surface area contributed by atoms with E-state index >= 15 is 0 Å². The summed E-state index contributed by atoms with van der Waals surface area (Å²) in [5.74, 6) is -4.87. The van der Waals surface area contributed by atoms with E-state index in [2.05, 4.69) is 51.0 Å². The molecule has 0 spiro atoms. The van der Waals surface area contributed by atoms with Gasteiger partial charge in [0.25, 0.3) is 23.7 Å². The number of imidazole rings is 2. The molecule has 2 aromatic heterocycles. The SMILES string of the molecule is Cc1ccc(C(=O)[C@@H](c2nc3n(c2O)C(=NC(=O)Nc2ccc(Cl)cc2)N=N3)c2nc(O)c3n2C(=NC(=O)Nc2ccc(Cl)cc2)N=N3)cc1. The molecule has 4 amide bonds. The van der Waals surface area contributed by atoms with Gasteiger partial charge in [-0.25, -0.2) is 23.7 Å². The molecule has 17 nitrogen and oxygen atoms in total. The number of aliphatic imine (C=N–C) groups is 2. The van der Waals surface area contributed by atoms with Gasteiger partial charge in [-0.1, -0.05) is 53.0 Å². The Kier molecular flexibility index (Phi) is 8.18. The van der Waals surface area contributed by atoms with Crippen molar-refractivity contribution in [2.75, 3.05) is 10.6 Å². The summed E-state index contributed by atoms with van der Waals surface area (Å²) in [7, 11) is 0. The summed E-state index contributed by atoms with van der Waals surface area (Å²) in [6, 6.07) is 17.4. The molecule has 3 aromatic carbocycles. The number of aryl methyl sites for hydroxylation is 1. The van der Waals surface area contributed by atoms with Gasteiger partial charge in [0.2, 0.25) is 11.7 Å². The minimum Gasteiger partial charge on any atom is -0.493 e. The maximum Gasteiger partial charge on any atom is 0.348 e.